The van der Waals surface area contributed by atoms with Gasteiger partial charge in [-0.05, 0) is 17.5 Å². The molecule has 0 spiro atoms. The number of halogens is 1. The topological polar surface area (TPSA) is 49.0 Å². The van der Waals surface area contributed by atoms with Gasteiger partial charge in [0.05, 0.1) is 5.52 Å². The largest absolute Gasteiger partial charge is 0.342 e. The van der Waals surface area contributed by atoms with Gasteiger partial charge in [0.15, 0.2) is 11.6 Å². The predicted molar refractivity (Wildman–Crippen MR) is 68.2 cm³/mol. The summed E-state index contributed by atoms with van der Waals surface area (Å²) in [5, 5.41) is 0. The van der Waals surface area contributed by atoms with E-state index >= 15 is 0 Å². The third-order valence-corrected chi connectivity index (χ3v) is 2.85. The number of nitrogens with one attached hydrogen (secondary N) is 1. The summed E-state index contributed by atoms with van der Waals surface area (Å²) in [6.07, 6.45) is 0. The molecule has 2 aromatic rings. The molecule has 0 saturated carbocycles. The highest BCUT2D eigenvalue weighted by atomic mass is 19.1. The number of hydrogen-bond acceptors (Lipinski definition) is 2. The molecule has 0 atom stereocenters. The third kappa shape index (κ3) is 1.96. The summed E-state index contributed by atoms with van der Waals surface area (Å²) in [4.78, 5) is 20.1. The second-order valence-electron chi connectivity index (χ2n) is 4.80. The van der Waals surface area contributed by atoms with Crippen molar-refractivity contribution in [1.82, 2.24) is 14.9 Å². The summed E-state index contributed by atoms with van der Waals surface area (Å²) in [6, 6.07) is 3.48. The first-order chi connectivity index (χ1) is 8.41. The van der Waals surface area contributed by atoms with E-state index in [0.717, 1.165) is 0 Å². The average Bonchev–Trinajstić information content (AvgIpc) is 2.72. The molecule has 96 valence electrons. The van der Waals surface area contributed by atoms with Gasteiger partial charge in [0.2, 0.25) is 0 Å². The van der Waals surface area contributed by atoms with Crippen LogP contribution in [0, 0.1) is 5.82 Å². The Kier molecular flexibility index (Phi) is 3.07. The number of aromatic nitrogens is 2. The molecular weight excluding hydrogens is 233 g/mol. The van der Waals surface area contributed by atoms with Crippen LogP contribution in [0.3, 0.4) is 0 Å². The van der Waals surface area contributed by atoms with E-state index in [1.807, 2.05) is 13.8 Å². The minimum absolute atomic E-state index is 0.0825. The standard InChI is InChI=1S/C13H16FN3O/c1-7(2)8-5-6-9-11(10(8)14)16-12(15-9)13(18)17(3)4/h5-7H,1-4H3,(H,15,16). The number of carbonyl (C=O) groups excluding carboxylic acids is 1. The van der Waals surface area contributed by atoms with Crippen LogP contribution in [0.2, 0.25) is 0 Å². The average molecular weight is 249 g/mol. The van der Waals surface area contributed by atoms with Crippen molar-refractivity contribution in [2.45, 2.75) is 19.8 Å². The highest BCUT2D eigenvalue weighted by Gasteiger charge is 2.18. The number of nitrogens with zero attached hydrogens (tertiary/aromatic N) is 2. The minimum Gasteiger partial charge on any atom is -0.342 e. The van der Waals surface area contributed by atoms with Crippen LogP contribution in [0.4, 0.5) is 4.39 Å². The zero-order valence-corrected chi connectivity index (χ0v) is 10.9. The maximum absolute atomic E-state index is 14.2. The normalized spacial score (nSPS) is 11.2. The summed E-state index contributed by atoms with van der Waals surface area (Å²) in [5.74, 6) is -0.373. The van der Waals surface area contributed by atoms with Crippen molar-refractivity contribution in [3.8, 4) is 0 Å². The second-order valence-corrected chi connectivity index (χ2v) is 4.80. The molecule has 0 radical (unpaired) electrons. The zero-order valence-electron chi connectivity index (χ0n) is 10.9. The van der Waals surface area contributed by atoms with Crippen LogP contribution in [0.15, 0.2) is 12.1 Å². The first-order valence-corrected chi connectivity index (χ1v) is 5.81. The summed E-state index contributed by atoms with van der Waals surface area (Å²) >= 11 is 0. The van der Waals surface area contributed by atoms with Crippen molar-refractivity contribution >= 4 is 16.9 Å². The molecule has 5 heteroatoms. The predicted octanol–water partition coefficient (Wildman–Crippen LogP) is 2.53. The van der Waals surface area contributed by atoms with Gasteiger partial charge in [-0.25, -0.2) is 9.37 Å². The molecule has 18 heavy (non-hydrogen) atoms. The number of rotatable bonds is 2. The van der Waals surface area contributed by atoms with Crippen LogP contribution >= 0.6 is 0 Å². The van der Waals surface area contributed by atoms with Crippen LogP contribution in [0.1, 0.15) is 35.9 Å². The Morgan fingerprint density at radius 3 is 2.61 bits per heavy atom. The molecular formula is C13H16FN3O. The number of carbonyl (C=O) groups is 1. The maximum Gasteiger partial charge on any atom is 0.289 e. The molecule has 0 aliphatic rings. The number of hydrogen-bond donors (Lipinski definition) is 1. The Morgan fingerprint density at radius 2 is 2.06 bits per heavy atom. The number of benzene rings is 1. The van der Waals surface area contributed by atoms with Gasteiger partial charge >= 0.3 is 0 Å². The smallest absolute Gasteiger partial charge is 0.289 e. The van der Waals surface area contributed by atoms with E-state index in [4.69, 9.17) is 0 Å². The van der Waals surface area contributed by atoms with Crippen LogP contribution in [-0.2, 0) is 0 Å². The fourth-order valence-electron chi connectivity index (χ4n) is 1.82. The van der Waals surface area contributed by atoms with Crippen molar-refractivity contribution in [3.05, 3.63) is 29.3 Å². The van der Waals surface area contributed by atoms with Crippen molar-refractivity contribution in [1.29, 1.82) is 0 Å². The Morgan fingerprint density at radius 1 is 1.39 bits per heavy atom. The first-order valence-electron chi connectivity index (χ1n) is 5.81. The number of fused-ring (bicyclic) bond motifs is 1. The molecule has 1 heterocycles. The van der Waals surface area contributed by atoms with E-state index in [-0.39, 0.29) is 29.0 Å². The van der Waals surface area contributed by atoms with E-state index in [0.29, 0.717) is 11.1 Å². The van der Waals surface area contributed by atoms with Gasteiger partial charge in [-0.3, -0.25) is 4.79 Å². The van der Waals surface area contributed by atoms with Gasteiger partial charge in [-0.15, -0.1) is 0 Å². The molecule has 1 N–H and O–H groups in total. The van der Waals surface area contributed by atoms with Crippen LogP contribution < -0.4 is 0 Å². The number of aromatic amines is 1. The Labute approximate surface area is 105 Å². The molecule has 2 rings (SSSR count). The van der Waals surface area contributed by atoms with E-state index in [2.05, 4.69) is 9.97 Å². The van der Waals surface area contributed by atoms with Crippen LogP contribution in [0.5, 0.6) is 0 Å². The van der Waals surface area contributed by atoms with Gasteiger partial charge < -0.3 is 9.88 Å². The summed E-state index contributed by atoms with van der Waals surface area (Å²) in [7, 11) is 3.26. The first kappa shape index (κ1) is 12.5. The lowest BCUT2D eigenvalue weighted by Crippen LogP contribution is -2.22. The number of imidazole rings is 1. The van der Waals surface area contributed by atoms with Gasteiger partial charge in [0, 0.05) is 14.1 Å². The third-order valence-electron chi connectivity index (χ3n) is 2.85. The van der Waals surface area contributed by atoms with E-state index < -0.39 is 0 Å². The molecule has 0 bridgehead atoms. The Bertz CT molecular complexity index is 602. The lowest BCUT2D eigenvalue weighted by molar-refractivity contribution is 0.0817. The van der Waals surface area contributed by atoms with Crippen molar-refractivity contribution in [2.75, 3.05) is 14.1 Å². The molecule has 1 aromatic heterocycles. The Balaban J connectivity index is 2.59. The molecule has 0 aliphatic heterocycles. The molecule has 1 amide bonds. The zero-order chi connectivity index (χ0) is 13.4. The fourth-order valence-corrected chi connectivity index (χ4v) is 1.82. The molecule has 0 aliphatic carbocycles. The summed E-state index contributed by atoms with van der Waals surface area (Å²) < 4.78 is 14.2. The quantitative estimate of drug-likeness (QED) is 0.889. The second kappa shape index (κ2) is 4.40. The van der Waals surface area contributed by atoms with Crippen LogP contribution in [0.25, 0.3) is 11.0 Å². The van der Waals surface area contributed by atoms with Crippen molar-refractivity contribution in [3.63, 3.8) is 0 Å². The van der Waals surface area contributed by atoms with Gasteiger partial charge in [-0.1, -0.05) is 19.9 Å². The van der Waals surface area contributed by atoms with Gasteiger partial charge in [-0.2, -0.15) is 0 Å². The van der Waals surface area contributed by atoms with Crippen molar-refractivity contribution < 1.29 is 9.18 Å². The highest BCUT2D eigenvalue weighted by Crippen LogP contribution is 2.24. The lowest BCUT2D eigenvalue weighted by atomic mass is 10.0. The summed E-state index contributed by atoms with van der Waals surface area (Å²) in [6.45, 7) is 3.84. The van der Waals surface area contributed by atoms with E-state index in [1.165, 1.54) is 4.90 Å². The minimum atomic E-state index is -0.350. The van der Waals surface area contributed by atoms with Crippen LogP contribution in [-0.4, -0.2) is 34.9 Å². The van der Waals surface area contributed by atoms with Gasteiger partial charge in [0.25, 0.3) is 5.91 Å². The lowest BCUT2D eigenvalue weighted by Gasteiger charge is -2.06. The number of H-pyrrole nitrogens is 1. The monoisotopic (exact) mass is 249 g/mol. The van der Waals surface area contributed by atoms with E-state index in [9.17, 15) is 9.18 Å². The molecule has 0 unspecified atom stereocenters. The summed E-state index contributed by atoms with van der Waals surface area (Å²) in [5.41, 5.74) is 1.38. The van der Waals surface area contributed by atoms with Crippen molar-refractivity contribution in [2.24, 2.45) is 0 Å². The SMILES string of the molecule is CC(C)c1ccc2[nH]c(C(=O)N(C)C)nc2c1F. The molecule has 0 saturated heterocycles. The molecule has 1 aromatic carbocycles. The van der Waals surface area contributed by atoms with Gasteiger partial charge in [0.1, 0.15) is 5.52 Å². The fraction of sp³-hybridized carbons (Fsp3) is 0.385. The molecule has 4 nitrogen and oxygen atoms in total. The Hall–Kier alpha value is -1.91. The number of amides is 1. The highest BCUT2D eigenvalue weighted by molar-refractivity contribution is 5.94. The molecule has 0 fully saturated rings. The van der Waals surface area contributed by atoms with E-state index in [1.54, 1.807) is 26.2 Å². The maximum atomic E-state index is 14.2.